The Morgan fingerprint density at radius 3 is 2.69 bits per heavy atom. The standard InChI is InChI=1S/C12H18ClNO2/c1-4-16-11-6-5-9(7-10(11)13)12(15-3)8-14-2/h5-7,12,14H,4,8H2,1-3H3. The molecule has 1 aromatic rings. The monoisotopic (exact) mass is 243 g/mol. The van der Waals surface area contributed by atoms with Crippen LogP contribution in [0.2, 0.25) is 5.02 Å². The molecule has 0 heterocycles. The lowest BCUT2D eigenvalue weighted by atomic mass is 10.1. The molecule has 0 fully saturated rings. The summed E-state index contributed by atoms with van der Waals surface area (Å²) in [6, 6.07) is 5.74. The largest absolute Gasteiger partial charge is 0.492 e. The number of nitrogens with one attached hydrogen (secondary N) is 1. The van der Waals surface area contributed by atoms with Crippen molar-refractivity contribution in [3.8, 4) is 5.75 Å². The highest BCUT2D eigenvalue weighted by molar-refractivity contribution is 6.32. The molecule has 0 radical (unpaired) electrons. The van der Waals surface area contributed by atoms with Gasteiger partial charge in [-0.05, 0) is 31.7 Å². The number of hydrogen-bond donors (Lipinski definition) is 1. The molecular formula is C12H18ClNO2. The molecule has 0 spiro atoms. The first-order valence-electron chi connectivity index (χ1n) is 5.32. The number of likely N-dealkylation sites (N-methyl/N-ethyl adjacent to an activating group) is 1. The van der Waals surface area contributed by atoms with Gasteiger partial charge in [0.15, 0.2) is 0 Å². The second-order valence-electron chi connectivity index (χ2n) is 3.40. The first-order chi connectivity index (χ1) is 7.72. The van der Waals surface area contributed by atoms with Crippen LogP contribution in [0.15, 0.2) is 18.2 Å². The molecule has 0 aliphatic rings. The van der Waals surface area contributed by atoms with Crippen LogP contribution in [0.4, 0.5) is 0 Å². The van der Waals surface area contributed by atoms with Crippen molar-refractivity contribution in [3.05, 3.63) is 28.8 Å². The fourth-order valence-electron chi connectivity index (χ4n) is 1.51. The number of benzene rings is 1. The van der Waals surface area contributed by atoms with E-state index in [1.165, 1.54) is 0 Å². The van der Waals surface area contributed by atoms with Crippen LogP contribution in [0, 0.1) is 0 Å². The van der Waals surface area contributed by atoms with Crippen molar-refractivity contribution in [2.75, 3.05) is 27.3 Å². The summed E-state index contributed by atoms with van der Waals surface area (Å²) in [7, 11) is 3.58. The predicted octanol–water partition coefficient (Wildman–Crippen LogP) is 2.65. The molecule has 0 aliphatic heterocycles. The van der Waals surface area contributed by atoms with Crippen LogP contribution in [0.3, 0.4) is 0 Å². The van der Waals surface area contributed by atoms with E-state index in [4.69, 9.17) is 21.1 Å². The lowest BCUT2D eigenvalue weighted by Gasteiger charge is -2.16. The number of rotatable bonds is 6. The Bertz CT molecular complexity index is 331. The Morgan fingerprint density at radius 1 is 1.44 bits per heavy atom. The molecule has 1 atom stereocenters. The maximum Gasteiger partial charge on any atom is 0.137 e. The summed E-state index contributed by atoms with van der Waals surface area (Å²) in [5, 5.41) is 3.70. The van der Waals surface area contributed by atoms with Crippen molar-refractivity contribution >= 4 is 11.6 Å². The highest BCUT2D eigenvalue weighted by Gasteiger charge is 2.11. The summed E-state index contributed by atoms with van der Waals surface area (Å²) in [6.07, 6.45) is 0.0122. The smallest absolute Gasteiger partial charge is 0.137 e. The third-order valence-corrected chi connectivity index (χ3v) is 2.60. The Kier molecular flexibility index (Phi) is 5.60. The van der Waals surface area contributed by atoms with Gasteiger partial charge in [0.25, 0.3) is 0 Å². The minimum absolute atomic E-state index is 0.0122. The topological polar surface area (TPSA) is 30.5 Å². The van der Waals surface area contributed by atoms with E-state index in [0.29, 0.717) is 17.4 Å². The first-order valence-corrected chi connectivity index (χ1v) is 5.70. The van der Waals surface area contributed by atoms with Crippen molar-refractivity contribution in [1.82, 2.24) is 5.32 Å². The normalized spacial score (nSPS) is 12.5. The molecule has 4 heteroatoms. The van der Waals surface area contributed by atoms with Gasteiger partial charge in [0.05, 0.1) is 17.7 Å². The zero-order valence-electron chi connectivity index (χ0n) is 9.92. The fourth-order valence-corrected chi connectivity index (χ4v) is 1.76. The Labute approximate surface area is 102 Å². The second-order valence-corrected chi connectivity index (χ2v) is 3.81. The highest BCUT2D eigenvalue weighted by Crippen LogP contribution is 2.28. The van der Waals surface area contributed by atoms with E-state index in [-0.39, 0.29) is 6.10 Å². The van der Waals surface area contributed by atoms with Crippen molar-refractivity contribution in [1.29, 1.82) is 0 Å². The molecular weight excluding hydrogens is 226 g/mol. The van der Waals surface area contributed by atoms with Gasteiger partial charge < -0.3 is 14.8 Å². The molecule has 0 aliphatic carbocycles. The Balaban J connectivity index is 2.85. The van der Waals surface area contributed by atoms with E-state index in [0.717, 1.165) is 12.1 Å². The van der Waals surface area contributed by atoms with E-state index in [1.807, 2.05) is 32.2 Å². The summed E-state index contributed by atoms with van der Waals surface area (Å²) in [4.78, 5) is 0. The Morgan fingerprint density at radius 2 is 2.19 bits per heavy atom. The maximum atomic E-state index is 6.11. The summed E-state index contributed by atoms with van der Waals surface area (Å²) in [5.74, 6) is 0.715. The molecule has 0 saturated carbocycles. The van der Waals surface area contributed by atoms with Crippen LogP contribution < -0.4 is 10.1 Å². The zero-order chi connectivity index (χ0) is 12.0. The van der Waals surface area contributed by atoms with Gasteiger partial charge in [-0.2, -0.15) is 0 Å². The lowest BCUT2D eigenvalue weighted by Crippen LogP contribution is -2.18. The second kappa shape index (κ2) is 6.74. The third kappa shape index (κ3) is 3.37. The average Bonchev–Trinajstić information content (AvgIpc) is 2.29. The van der Waals surface area contributed by atoms with Crippen molar-refractivity contribution in [2.24, 2.45) is 0 Å². The van der Waals surface area contributed by atoms with Crippen molar-refractivity contribution in [3.63, 3.8) is 0 Å². The predicted molar refractivity (Wildman–Crippen MR) is 66.3 cm³/mol. The van der Waals surface area contributed by atoms with Gasteiger partial charge in [-0.15, -0.1) is 0 Å². The van der Waals surface area contributed by atoms with Crippen LogP contribution in [0.25, 0.3) is 0 Å². The van der Waals surface area contributed by atoms with E-state index < -0.39 is 0 Å². The fraction of sp³-hybridized carbons (Fsp3) is 0.500. The SMILES string of the molecule is CCOc1ccc(C(CNC)OC)cc1Cl. The van der Waals surface area contributed by atoms with Crippen LogP contribution >= 0.6 is 11.6 Å². The van der Waals surface area contributed by atoms with Crippen LogP contribution in [-0.2, 0) is 4.74 Å². The molecule has 16 heavy (non-hydrogen) atoms. The van der Waals surface area contributed by atoms with E-state index in [1.54, 1.807) is 7.11 Å². The molecule has 0 bridgehead atoms. The van der Waals surface area contributed by atoms with Gasteiger partial charge in [0, 0.05) is 13.7 Å². The van der Waals surface area contributed by atoms with Crippen molar-refractivity contribution < 1.29 is 9.47 Å². The van der Waals surface area contributed by atoms with E-state index in [2.05, 4.69) is 5.32 Å². The third-order valence-electron chi connectivity index (χ3n) is 2.30. The molecule has 1 rings (SSSR count). The summed E-state index contributed by atoms with van der Waals surface area (Å²) in [5.41, 5.74) is 1.05. The number of ether oxygens (including phenoxy) is 2. The maximum absolute atomic E-state index is 6.11. The molecule has 1 aromatic carbocycles. The van der Waals surface area contributed by atoms with Gasteiger partial charge in [-0.1, -0.05) is 17.7 Å². The van der Waals surface area contributed by atoms with E-state index in [9.17, 15) is 0 Å². The van der Waals surface area contributed by atoms with Crippen molar-refractivity contribution in [2.45, 2.75) is 13.0 Å². The minimum atomic E-state index is 0.0122. The first kappa shape index (κ1) is 13.3. The quantitative estimate of drug-likeness (QED) is 0.833. The molecule has 3 nitrogen and oxygen atoms in total. The molecule has 0 amide bonds. The molecule has 1 N–H and O–H groups in total. The highest BCUT2D eigenvalue weighted by atomic mass is 35.5. The van der Waals surface area contributed by atoms with Gasteiger partial charge in [-0.3, -0.25) is 0 Å². The Hall–Kier alpha value is -0.770. The summed E-state index contributed by atoms with van der Waals surface area (Å²) >= 11 is 6.11. The van der Waals surface area contributed by atoms with Crippen LogP contribution in [-0.4, -0.2) is 27.3 Å². The van der Waals surface area contributed by atoms with Gasteiger partial charge in [0.2, 0.25) is 0 Å². The summed E-state index contributed by atoms with van der Waals surface area (Å²) in [6.45, 7) is 3.30. The van der Waals surface area contributed by atoms with Gasteiger partial charge >= 0.3 is 0 Å². The zero-order valence-corrected chi connectivity index (χ0v) is 10.7. The number of halogens is 1. The van der Waals surface area contributed by atoms with Gasteiger partial charge in [-0.25, -0.2) is 0 Å². The lowest BCUT2D eigenvalue weighted by molar-refractivity contribution is 0.104. The summed E-state index contributed by atoms with van der Waals surface area (Å²) < 4.78 is 10.7. The van der Waals surface area contributed by atoms with Gasteiger partial charge in [0.1, 0.15) is 5.75 Å². The number of methoxy groups -OCH3 is 1. The van der Waals surface area contributed by atoms with Crippen LogP contribution in [0.1, 0.15) is 18.6 Å². The molecule has 90 valence electrons. The average molecular weight is 244 g/mol. The molecule has 1 unspecified atom stereocenters. The molecule has 0 saturated heterocycles. The molecule has 0 aromatic heterocycles. The van der Waals surface area contributed by atoms with Crippen LogP contribution in [0.5, 0.6) is 5.75 Å². The minimum Gasteiger partial charge on any atom is -0.492 e. The van der Waals surface area contributed by atoms with E-state index >= 15 is 0 Å². The number of hydrogen-bond acceptors (Lipinski definition) is 3.